The van der Waals surface area contributed by atoms with Crippen molar-refractivity contribution >= 4 is 17.6 Å². The maximum Gasteiger partial charge on any atom is 0.315 e. The molecule has 0 saturated heterocycles. The minimum absolute atomic E-state index is 0.303. The molecular formula is C34H41N3O7. The Labute approximate surface area is 258 Å². The van der Waals surface area contributed by atoms with Gasteiger partial charge >= 0.3 is 11.9 Å². The number of nitrogens with two attached hydrogens (primary N) is 2. The van der Waals surface area contributed by atoms with Crippen LogP contribution in [0.1, 0.15) is 35.4 Å². The zero-order valence-electron chi connectivity index (χ0n) is 24.9. The highest BCUT2D eigenvalue weighted by Crippen LogP contribution is 2.58. The standard InChI is InChI=1S/C34H41N3O7/c1-2-41-18-19-43-21-20-42-17-16-37(36)23-28(35)26-14-9-15-27(22-26)44-34(40)32-29(24-10-5-3-6-11-24)31(33(38)39)30(32)25-12-7-4-8-13-25/h3-15,22-23,29-32H,2,16-21,35-36H2,1H3,(H,38,39)/b28-23-/t29-,30-,31-,32-/m0/s1. The summed E-state index contributed by atoms with van der Waals surface area (Å²) in [4.78, 5) is 26.2. The minimum Gasteiger partial charge on any atom is -0.481 e. The van der Waals surface area contributed by atoms with Crippen molar-refractivity contribution in [1.29, 1.82) is 0 Å². The number of carbonyl (C=O) groups is 2. The van der Waals surface area contributed by atoms with Crippen molar-refractivity contribution in [3.8, 4) is 5.75 Å². The van der Waals surface area contributed by atoms with Crippen LogP contribution in [0.2, 0.25) is 0 Å². The lowest BCUT2D eigenvalue weighted by Crippen LogP contribution is -2.52. The van der Waals surface area contributed by atoms with Gasteiger partial charge in [0.25, 0.3) is 0 Å². The number of hydrazine groups is 1. The van der Waals surface area contributed by atoms with E-state index in [1.54, 1.807) is 30.5 Å². The quantitative estimate of drug-likeness (QED) is 0.0680. The second-order valence-corrected chi connectivity index (χ2v) is 10.5. The van der Waals surface area contributed by atoms with Crippen molar-refractivity contribution in [3.05, 3.63) is 108 Å². The van der Waals surface area contributed by atoms with Crippen molar-refractivity contribution in [2.24, 2.45) is 23.4 Å². The van der Waals surface area contributed by atoms with Gasteiger partial charge in [-0.2, -0.15) is 0 Å². The molecule has 0 radical (unpaired) electrons. The van der Waals surface area contributed by atoms with E-state index in [2.05, 4.69) is 0 Å². The molecule has 0 bridgehead atoms. The van der Waals surface area contributed by atoms with Crippen LogP contribution in [0.15, 0.2) is 91.1 Å². The zero-order chi connectivity index (χ0) is 31.3. The highest BCUT2D eigenvalue weighted by atomic mass is 16.5. The SMILES string of the molecule is CCOCCOCCOCCN(N)/C=C(\N)c1cccc(OC(=O)[C@H]2[C@@H](c3ccccc3)[C@H](C(=O)O)[C@@H]2c2ccccc2)c1. The molecule has 0 amide bonds. The number of rotatable bonds is 17. The molecule has 10 heteroatoms. The lowest BCUT2D eigenvalue weighted by molar-refractivity contribution is -0.158. The first-order valence-corrected chi connectivity index (χ1v) is 14.8. The van der Waals surface area contributed by atoms with Crippen LogP contribution in [0.25, 0.3) is 5.70 Å². The third-order valence-electron chi connectivity index (χ3n) is 7.61. The van der Waals surface area contributed by atoms with E-state index in [9.17, 15) is 14.7 Å². The third-order valence-corrected chi connectivity index (χ3v) is 7.61. The van der Waals surface area contributed by atoms with E-state index in [-0.39, 0.29) is 0 Å². The van der Waals surface area contributed by atoms with Gasteiger partial charge in [0.05, 0.1) is 57.1 Å². The van der Waals surface area contributed by atoms with Gasteiger partial charge in [-0.3, -0.25) is 9.59 Å². The smallest absolute Gasteiger partial charge is 0.315 e. The number of carbonyl (C=O) groups excluding carboxylic acids is 1. The molecule has 3 aromatic carbocycles. The number of ether oxygens (including phenoxy) is 4. The fourth-order valence-corrected chi connectivity index (χ4v) is 5.52. The topological polar surface area (TPSA) is 147 Å². The van der Waals surface area contributed by atoms with E-state index in [1.165, 1.54) is 5.01 Å². The average molecular weight is 604 g/mol. The van der Waals surface area contributed by atoms with Gasteiger partial charge in [0, 0.05) is 30.2 Å². The van der Waals surface area contributed by atoms with Gasteiger partial charge in [0.1, 0.15) is 5.75 Å². The summed E-state index contributed by atoms with van der Waals surface area (Å²) in [6, 6.07) is 25.4. The first-order valence-electron chi connectivity index (χ1n) is 14.8. The van der Waals surface area contributed by atoms with Crippen LogP contribution in [0.3, 0.4) is 0 Å². The second kappa shape index (κ2) is 16.6. The van der Waals surface area contributed by atoms with Crippen molar-refractivity contribution in [1.82, 2.24) is 5.01 Å². The van der Waals surface area contributed by atoms with E-state index >= 15 is 0 Å². The molecule has 2 atom stereocenters. The van der Waals surface area contributed by atoms with Gasteiger partial charge in [0.15, 0.2) is 0 Å². The van der Waals surface area contributed by atoms with Crippen molar-refractivity contribution in [2.45, 2.75) is 18.8 Å². The Hall–Kier alpha value is -4.22. The Balaban J connectivity index is 1.40. The number of hydrogen-bond donors (Lipinski definition) is 3. The molecule has 0 spiro atoms. The van der Waals surface area contributed by atoms with E-state index < -0.39 is 35.6 Å². The fraction of sp³-hybridized carbons (Fsp3) is 0.353. The van der Waals surface area contributed by atoms with Crippen molar-refractivity contribution < 1.29 is 33.6 Å². The van der Waals surface area contributed by atoms with E-state index in [0.29, 0.717) is 63.2 Å². The molecule has 0 heterocycles. The average Bonchev–Trinajstić information content (AvgIpc) is 3.00. The number of carboxylic acids is 1. The molecule has 0 unspecified atom stereocenters. The largest absolute Gasteiger partial charge is 0.481 e. The Bertz CT molecular complexity index is 1320. The number of benzene rings is 3. The molecule has 234 valence electrons. The van der Waals surface area contributed by atoms with Crippen LogP contribution in [0, 0.1) is 11.8 Å². The predicted molar refractivity (Wildman–Crippen MR) is 166 cm³/mol. The molecule has 4 rings (SSSR count). The highest BCUT2D eigenvalue weighted by Gasteiger charge is 2.59. The molecule has 1 aliphatic carbocycles. The van der Waals surface area contributed by atoms with Gasteiger partial charge in [-0.05, 0) is 30.2 Å². The number of esters is 1. The van der Waals surface area contributed by atoms with Gasteiger partial charge in [0.2, 0.25) is 0 Å². The Morgan fingerprint density at radius 2 is 1.36 bits per heavy atom. The Kier molecular flexibility index (Phi) is 12.3. The zero-order valence-corrected chi connectivity index (χ0v) is 24.9. The van der Waals surface area contributed by atoms with Crippen LogP contribution < -0.4 is 16.3 Å². The van der Waals surface area contributed by atoms with E-state index in [1.807, 2.05) is 67.6 Å². The maximum absolute atomic E-state index is 13.7. The monoisotopic (exact) mass is 603 g/mol. The first kappa shape index (κ1) is 32.7. The minimum atomic E-state index is -0.945. The summed E-state index contributed by atoms with van der Waals surface area (Å²) < 4.78 is 22.1. The number of carboxylic acid groups (broad SMARTS) is 1. The summed E-state index contributed by atoms with van der Waals surface area (Å²) in [7, 11) is 0. The lowest BCUT2D eigenvalue weighted by atomic mass is 9.52. The summed E-state index contributed by atoms with van der Waals surface area (Å²) in [6.45, 7) is 5.39. The number of nitrogens with zero attached hydrogens (tertiary/aromatic N) is 1. The summed E-state index contributed by atoms with van der Waals surface area (Å²) >= 11 is 0. The summed E-state index contributed by atoms with van der Waals surface area (Å²) in [6.07, 6.45) is 1.59. The molecule has 1 fully saturated rings. The van der Waals surface area contributed by atoms with E-state index in [4.69, 9.17) is 30.5 Å². The van der Waals surface area contributed by atoms with Crippen LogP contribution >= 0.6 is 0 Å². The van der Waals surface area contributed by atoms with Crippen LogP contribution in [-0.4, -0.2) is 68.2 Å². The molecular weight excluding hydrogens is 562 g/mol. The molecule has 0 aromatic heterocycles. The fourth-order valence-electron chi connectivity index (χ4n) is 5.52. The van der Waals surface area contributed by atoms with Crippen molar-refractivity contribution in [2.75, 3.05) is 46.2 Å². The van der Waals surface area contributed by atoms with Crippen molar-refractivity contribution in [3.63, 3.8) is 0 Å². The van der Waals surface area contributed by atoms with Gasteiger partial charge < -0.3 is 34.8 Å². The first-order chi connectivity index (χ1) is 21.4. The van der Waals surface area contributed by atoms with Gasteiger partial charge in [-0.1, -0.05) is 72.8 Å². The lowest BCUT2D eigenvalue weighted by Gasteiger charge is -2.48. The summed E-state index contributed by atoms with van der Waals surface area (Å²) in [5.41, 5.74) is 8.88. The number of hydrogen-bond acceptors (Lipinski definition) is 9. The summed E-state index contributed by atoms with van der Waals surface area (Å²) in [5.74, 6) is 2.43. The molecule has 1 aliphatic rings. The Morgan fingerprint density at radius 3 is 1.93 bits per heavy atom. The number of aliphatic carboxylic acids is 1. The molecule has 10 nitrogen and oxygen atoms in total. The molecule has 3 aromatic rings. The van der Waals surface area contributed by atoms with Crippen LogP contribution in [-0.2, 0) is 23.8 Å². The molecule has 1 saturated carbocycles. The molecule has 5 N–H and O–H groups in total. The van der Waals surface area contributed by atoms with Gasteiger partial charge in [-0.25, -0.2) is 5.84 Å². The summed E-state index contributed by atoms with van der Waals surface area (Å²) in [5, 5.41) is 11.6. The van der Waals surface area contributed by atoms with Crippen LogP contribution in [0.4, 0.5) is 0 Å². The van der Waals surface area contributed by atoms with E-state index in [0.717, 1.165) is 11.1 Å². The van der Waals surface area contributed by atoms with Crippen LogP contribution in [0.5, 0.6) is 5.75 Å². The van der Waals surface area contributed by atoms with Gasteiger partial charge in [-0.15, -0.1) is 0 Å². The normalized spacial score (nSPS) is 19.6. The molecule has 0 aliphatic heterocycles. The molecule has 44 heavy (non-hydrogen) atoms. The third kappa shape index (κ3) is 8.67. The highest BCUT2D eigenvalue weighted by molar-refractivity contribution is 5.85. The maximum atomic E-state index is 13.7. The Morgan fingerprint density at radius 1 is 0.795 bits per heavy atom. The second-order valence-electron chi connectivity index (χ2n) is 10.5. The predicted octanol–water partition coefficient (Wildman–Crippen LogP) is 3.99.